The van der Waals surface area contributed by atoms with Gasteiger partial charge in [0.05, 0.1) is 17.9 Å². The SMILES string of the molecule is CCNc1cc(C)ncc1C(=O)NCCOCC(C)C. The van der Waals surface area contributed by atoms with Gasteiger partial charge < -0.3 is 15.4 Å². The first-order chi connectivity index (χ1) is 9.54. The molecule has 5 nitrogen and oxygen atoms in total. The molecule has 1 heterocycles. The lowest BCUT2D eigenvalue weighted by Gasteiger charge is -2.12. The predicted octanol–water partition coefficient (Wildman–Crippen LogP) is 2.22. The smallest absolute Gasteiger partial charge is 0.255 e. The van der Waals surface area contributed by atoms with Gasteiger partial charge in [-0.3, -0.25) is 9.78 Å². The van der Waals surface area contributed by atoms with Gasteiger partial charge in [-0.25, -0.2) is 0 Å². The van der Waals surface area contributed by atoms with Crippen molar-refractivity contribution in [1.29, 1.82) is 0 Å². The van der Waals surface area contributed by atoms with Crippen molar-refractivity contribution in [2.75, 3.05) is 31.6 Å². The van der Waals surface area contributed by atoms with Crippen molar-refractivity contribution in [2.45, 2.75) is 27.7 Å². The van der Waals surface area contributed by atoms with Crippen molar-refractivity contribution in [2.24, 2.45) is 5.92 Å². The fourth-order valence-electron chi connectivity index (χ4n) is 1.73. The average molecular weight is 279 g/mol. The van der Waals surface area contributed by atoms with Crippen LogP contribution in [-0.2, 0) is 4.74 Å². The maximum absolute atomic E-state index is 12.1. The molecule has 0 radical (unpaired) electrons. The van der Waals surface area contributed by atoms with Gasteiger partial charge in [0.15, 0.2) is 0 Å². The Morgan fingerprint density at radius 2 is 2.20 bits per heavy atom. The first-order valence-electron chi connectivity index (χ1n) is 7.11. The van der Waals surface area contributed by atoms with E-state index in [4.69, 9.17) is 4.74 Å². The monoisotopic (exact) mass is 279 g/mol. The summed E-state index contributed by atoms with van der Waals surface area (Å²) in [6.45, 7) is 10.6. The van der Waals surface area contributed by atoms with Crippen LogP contribution in [0.4, 0.5) is 5.69 Å². The molecule has 0 atom stereocenters. The fraction of sp³-hybridized carbons (Fsp3) is 0.600. The third-order valence-electron chi connectivity index (χ3n) is 2.64. The number of anilines is 1. The van der Waals surface area contributed by atoms with Gasteiger partial charge in [0.2, 0.25) is 0 Å². The molecule has 5 heteroatoms. The number of pyridine rings is 1. The number of hydrogen-bond donors (Lipinski definition) is 2. The minimum Gasteiger partial charge on any atom is -0.385 e. The molecule has 0 saturated heterocycles. The van der Waals surface area contributed by atoms with Crippen molar-refractivity contribution in [3.05, 3.63) is 23.5 Å². The lowest BCUT2D eigenvalue weighted by atomic mass is 10.2. The van der Waals surface area contributed by atoms with Crippen LogP contribution in [0.5, 0.6) is 0 Å². The highest BCUT2D eigenvalue weighted by Gasteiger charge is 2.11. The molecular weight excluding hydrogens is 254 g/mol. The van der Waals surface area contributed by atoms with Crippen LogP contribution in [0.3, 0.4) is 0 Å². The third kappa shape index (κ3) is 5.57. The second-order valence-corrected chi connectivity index (χ2v) is 5.13. The molecule has 0 aliphatic carbocycles. The maximum atomic E-state index is 12.1. The van der Waals surface area contributed by atoms with Crippen molar-refractivity contribution in [1.82, 2.24) is 10.3 Å². The van der Waals surface area contributed by atoms with Gasteiger partial charge in [0.1, 0.15) is 0 Å². The first-order valence-corrected chi connectivity index (χ1v) is 7.11. The van der Waals surface area contributed by atoms with Gasteiger partial charge in [0, 0.05) is 31.6 Å². The van der Waals surface area contributed by atoms with Crippen LogP contribution < -0.4 is 10.6 Å². The molecule has 1 rings (SSSR count). The third-order valence-corrected chi connectivity index (χ3v) is 2.64. The standard InChI is InChI=1S/C15H25N3O2/c1-5-16-14-8-12(4)18-9-13(14)15(19)17-6-7-20-10-11(2)3/h8-9,11H,5-7,10H2,1-4H3,(H,16,18)(H,17,19). The molecule has 0 unspecified atom stereocenters. The number of rotatable bonds is 8. The Morgan fingerprint density at radius 3 is 2.85 bits per heavy atom. The summed E-state index contributed by atoms with van der Waals surface area (Å²) in [5, 5.41) is 6.03. The molecule has 0 saturated carbocycles. The number of carbonyl (C=O) groups is 1. The van der Waals surface area contributed by atoms with E-state index in [1.54, 1.807) is 6.20 Å². The van der Waals surface area contributed by atoms with Crippen LogP contribution >= 0.6 is 0 Å². The van der Waals surface area contributed by atoms with Gasteiger partial charge >= 0.3 is 0 Å². The average Bonchev–Trinajstić information content (AvgIpc) is 2.38. The molecule has 1 aromatic rings. The quantitative estimate of drug-likeness (QED) is 0.716. The Morgan fingerprint density at radius 1 is 1.45 bits per heavy atom. The minimum absolute atomic E-state index is 0.124. The van der Waals surface area contributed by atoms with E-state index in [0.29, 0.717) is 31.2 Å². The second kappa shape index (κ2) is 8.53. The van der Waals surface area contributed by atoms with Crippen LogP contribution in [0, 0.1) is 12.8 Å². The summed E-state index contributed by atoms with van der Waals surface area (Å²) in [5.74, 6) is 0.383. The van der Waals surface area contributed by atoms with Gasteiger partial charge in [0.25, 0.3) is 5.91 Å². The van der Waals surface area contributed by atoms with Gasteiger partial charge in [-0.2, -0.15) is 0 Å². The Hall–Kier alpha value is -1.62. The summed E-state index contributed by atoms with van der Waals surface area (Å²) >= 11 is 0. The summed E-state index contributed by atoms with van der Waals surface area (Å²) in [4.78, 5) is 16.3. The van der Waals surface area contributed by atoms with E-state index in [0.717, 1.165) is 17.9 Å². The summed E-state index contributed by atoms with van der Waals surface area (Å²) in [5.41, 5.74) is 2.28. The molecule has 1 amide bonds. The lowest BCUT2D eigenvalue weighted by Crippen LogP contribution is -2.28. The molecule has 0 fully saturated rings. The zero-order valence-corrected chi connectivity index (χ0v) is 12.8. The molecule has 0 aliphatic heterocycles. The normalized spacial score (nSPS) is 10.7. The van der Waals surface area contributed by atoms with E-state index >= 15 is 0 Å². The lowest BCUT2D eigenvalue weighted by molar-refractivity contribution is 0.0886. The van der Waals surface area contributed by atoms with Crippen LogP contribution in [-0.4, -0.2) is 37.2 Å². The van der Waals surface area contributed by atoms with E-state index in [1.807, 2.05) is 19.9 Å². The molecule has 0 aliphatic rings. The molecule has 2 N–H and O–H groups in total. The van der Waals surface area contributed by atoms with Crippen molar-refractivity contribution >= 4 is 11.6 Å². The number of hydrogen-bond acceptors (Lipinski definition) is 4. The fourth-order valence-corrected chi connectivity index (χ4v) is 1.73. The number of nitrogens with one attached hydrogen (secondary N) is 2. The molecule has 0 aromatic carbocycles. The topological polar surface area (TPSA) is 63.2 Å². The zero-order chi connectivity index (χ0) is 15.0. The number of nitrogens with zero attached hydrogens (tertiary/aromatic N) is 1. The highest BCUT2D eigenvalue weighted by atomic mass is 16.5. The zero-order valence-electron chi connectivity index (χ0n) is 12.8. The van der Waals surface area contributed by atoms with E-state index in [-0.39, 0.29) is 5.91 Å². The highest BCUT2D eigenvalue weighted by Crippen LogP contribution is 2.15. The van der Waals surface area contributed by atoms with Gasteiger partial charge in [-0.1, -0.05) is 13.8 Å². The Bertz CT molecular complexity index is 433. The summed E-state index contributed by atoms with van der Waals surface area (Å²) in [6, 6.07) is 1.88. The van der Waals surface area contributed by atoms with Crippen LogP contribution in [0.25, 0.3) is 0 Å². The van der Waals surface area contributed by atoms with E-state index in [2.05, 4.69) is 29.5 Å². The largest absolute Gasteiger partial charge is 0.385 e. The summed E-state index contributed by atoms with van der Waals surface area (Å²) in [7, 11) is 0. The number of aromatic nitrogens is 1. The molecule has 1 aromatic heterocycles. The first kappa shape index (κ1) is 16.4. The molecular formula is C15H25N3O2. The summed E-state index contributed by atoms with van der Waals surface area (Å²) in [6.07, 6.45) is 1.61. The maximum Gasteiger partial charge on any atom is 0.255 e. The van der Waals surface area contributed by atoms with E-state index in [9.17, 15) is 4.79 Å². The Kier molecular flexibility index (Phi) is 7.01. The Labute approximate surface area is 121 Å². The van der Waals surface area contributed by atoms with E-state index < -0.39 is 0 Å². The van der Waals surface area contributed by atoms with Crippen LogP contribution in [0.2, 0.25) is 0 Å². The van der Waals surface area contributed by atoms with Crippen LogP contribution in [0.15, 0.2) is 12.3 Å². The van der Waals surface area contributed by atoms with Crippen molar-refractivity contribution in [3.8, 4) is 0 Å². The highest BCUT2D eigenvalue weighted by molar-refractivity contribution is 5.99. The summed E-state index contributed by atoms with van der Waals surface area (Å²) < 4.78 is 5.43. The molecule has 112 valence electrons. The van der Waals surface area contributed by atoms with Gasteiger partial charge in [-0.15, -0.1) is 0 Å². The van der Waals surface area contributed by atoms with Crippen molar-refractivity contribution < 1.29 is 9.53 Å². The van der Waals surface area contributed by atoms with Crippen LogP contribution in [0.1, 0.15) is 36.8 Å². The molecule has 0 spiro atoms. The predicted molar refractivity (Wildman–Crippen MR) is 81.1 cm³/mol. The van der Waals surface area contributed by atoms with Crippen molar-refractivity contribution in [3.63, 3.8) is 0 Å². The molecule has 0 bridgehead atoms. The number of carbonyl (C=O) groups excluding carboxylic acids is 1. The molecule has 20 heavy (non-hydrogen) atoms. The Balaban J connectivity index is 2.50. The number of aryl methyl sites for hydroxylation is 1. The minimum atomic E-state index is -0.124. The van der Waals surface area contributed by atoms with Gasteiger partial charge in [-0.05, 0) is 25.8 Å². The number of ether oxygens (including phenoxy) is 1. The number of amides is 1. The van der Waals surface area contributed by atoms with E-state index in [1.165, 1.54) is 0 Å². The second-order valence-electron chi connectivity index (χ2n) is 5.13.